The minimum absolute atomic E-state index is 0.0626. The molecule has 0 saturated heterocycles. The lowest BCUT2D eigenvalue weighted by Crippen LogP contribution is -3.14. The van der Waals surface area contributed by atoms with Crippen molar-refractivity contribution in [2.24, 2.45) is 0 Å². The van der Waals surface area contributed by atoms with Gasteiger partial charge in [0.2, 0.25) is 0 Å². The molecule has 1 aromatic rings. The number of quaternary nitrogens is 1. The van der Waals surface area contributed by atoms with E-state index in [1.165, 1.54) is 6.07 Å². The number of likely N-dealkylation sites (N-methyl/N-ethyl adjacent to an activating group) is 1. The number of rotatable bonds is 6. The Labute approximate surface area is 135 Å². The number of hydrogen-bond acceptors (Lipinski definition) is 2. The molecule has 3 N–H and O–H groups in total. The zero-order chi connectivity index (χ0) is 17.6. The van der Waals surface area contributed by atoms with E-state index in [1.807, 2.05) is 27.7 Å². The molecule has 0 heterocycles. The van der Waals surface area contributed by atoms with Gasteiger partial charge in [0.25, 0.3) is 11.8 Å². The van der Waals surface area contributed by atoms with Crippen LogP contribution in [0.3, 0.4) is 0 Å². The minimum Gasteiger partial charge on any atom is -0.347 e. The number of anilines is 1. The van der Waals surface area contributed by atoms with E-state index >= 15 is 0 Å². The number of benzene rings is 1. The molecule has 0 fully saturated rings. The molecular weight excluding hydrogens is 304 g/mol. The standard InChI is InChI=1S/C16H23F2N3O2/c1-5-21(10-15(23)20-16(2,3)4)9-14(22)19-11-6-7-12(17)13(18)8-11/h6-8H,5,9-10H2,1-4H3,(H,19,22)(H,20,23)/p+1. The molecule has 0 saturated carbocycles. The van der Waals surface area contributed by atoms with Crippen LogP contribution >= 0.6 is 0 Å². The van der Waals surface area contributed by atoms with Crippen molar-refractivity contribution in [3.05, 3.63) is 29.8 Å². The maximum absolute atomic E-state index is 13.1. The fourth-order valence-corrected chi connectivity index (χ4v) is 2.01. The summed E-state index contributed by atoms with van der Waals surface area (Å²) >= 11 is 0. The average Bonchev–Trinajstić information content (AvgIpc) is 2.40. The Morgan fingerprint density at radius 3 is 2.22 bits per heavy atom. The van der Waals surface area contributed by atoms with Crippen molar-refractivity contribution >= 4 is 17.5 Å². The fraction of sp³-hybridized carbons (Fsp3) is 0.500. The third-order valence-corrected chi connectivity index (χ3v) is 3.04. The second-order valence-electron chi connectivity index (χ2n) is 6.43. The SMILES string of the molecule is CC[NH+](CC(=O)Nc1ccc(F)c(F)c1)CC(=O)NC(C)(C)C. The number of amides is 2. The molecule has 0 bridgehead atoms. The van der Waals surface area contributed by atoms with E-state index in [-0.39, 0.29) is 36.1 Å². The topological polar surface area (TPSA) is 62.6 Å². The van der Waals surface area contributed by atoms with E-state index in [9.17, 15) is 18.4 Å². The summed E-state index contributed by atoms with van der Waals surface area (Å²) in [5.41, 5.74) is -0.146. The average molecular weight is 328 g/mol. The van der Waals surface area contributed by atoms with Crippen molar-refractivity contribution < 1.29 is 23.3 Å². The smallest absolute Gasteiger partial charge is 0.279 e. The predicted octanol–water partition coefficient (Wildman–Crippen LogP) is 0.723. The van der Waals surface area contributed by atoms with E-state index in [4.69, 9.17) is 0 Å². The van der Waals surface area contributed by atoms with Gasteiger partial charge in [-0.15, -0.1) is 0 Å². The van der Waals surface area contributed by atoms with Crippen LogP contribution in [0, 0.1) is 11.6 Å². The molecule has 23 heavy (non-hydrogen) atoms. The third kappa shape index (κ3) is 7.19. The van der Waals surface area contributed by atoms with Crippen LogP contribution in [0.25, 0.3) is 0 Å². The van der Waals surface area contributed by atoms with Gasteiger partial charge in [0.1, 0.15) is 0 Å². The maximum atomic E-state index is 13.1. The van der Waals surface area contributed by atoms with Gasteiger partial charge in [-0.2, -0.15) is 0 Å². The van der Waals surface area contributed by atoms with Gasteiger partial charge >= 0.3 is 0 Å². The van der Waals surface area contributed by atoms with Crippen molar-refractivity contribution in [1.82, 2.24) is 5.32 Å². The monoisotopic (exact) mass is 328 g/mol. The first-order valence-corrected chi connectivity index (χ1v) is 7.50. The number of hydrogen-bond donors (Lipinski definition) is 3. The van der Waals surface area contributed by atoms with Gasteiger partial charge in [0.15, 0.2) is 24.7 Å². The molecular formula is C16H24F2N3O2+. The molecule has 0 aromatic heterocycles. The lowest BCUT2D eigenvalue weighted by atomic mass is 10.1. The molecule has 7 heteroatoms. The van der Waals surface area contributed by atoms with Crippen LogP contribution in [0.4, 0.5) is 14.5 Å². The minimum atomic E-state index is -1.02. The summed E-state index contributed by atoms with van der Waals surface area (Å²) < 4.78 is 25.9. The molecule has 2 amide bonds. The summed E-state index contributed by atoms with van der Waals surface area (Å²) in [6, 6.07) is 3.16. The molecule has 5 nitrogen and oxygen atoms in total. The zero-order valence-electron chi connectivity index (χ0n) is 13.9. The summed E-state index contributed by atoms with van der Waals surface area (Å²) in [4.78, 5) is 24.6. The van der Waals surface area contributed by atoms with Gasteiger partial charge in [-0.25, -0.2) is 8.78 Å². The highest BCUT2D eigenvalue weighted by Crippen LogP contribution is 2.12. The number of nitrogens with one attached hydrogen (secondary N) is 3. The Bertz CT molecular complexity index is 571. The predicted molar refractivity (Wildman–Crippen MR) is 84.1 cm³/mol. The zero-order valence-corrected chi connectivity index (χ0v) is 13.9. The lowest BCUT2D eigenvalue weighted by Gasteiger charge is -2.23. The van der Waals surface area contributed by atoms with Crippen LogP contribution in [0.1, 0.15) is 27.7 Å². The molecule has 1 atom stereocenters. The van der Waals surface area contributed by atoms with Crippen molar-refractivity contribution in [3.8, 4) is 0 Å². The van der Waals surface area contributed by atoms with Crippen LogP contribution < -0.4 is 15.5 Å². The molecule has 0 radical (unpaired) electrons. The van der Waals surface area contributed by atoms with Crippen LogP contribution in [0.2, 0.25) is 0 Å². The van der Waals surface area contributed by atoms with E-state index in [0.29, 0.717) is 6.54 Å². The number of halogens is 2. The van der Waals surface area contributed by atoms with Gasteiger partial charge in [0.05, 0.1) is 6.54 Å². The molecule has 1 rings (SSSR count). The Hall–Kier alpha value is -2.02. The van der Waals surface area contributed by atoms with E-state index < -0.39 is 11.6 Å². The molecule has 0 spiro atoms. The quantitative estimate of drug-likeness (QED) is 0.721. The van der Waals surface area contributed by atoms with Crippen molar-refractivity contribution in [3.63, 3.8) is 0 Å². The lowest BCUT2D eigenvalue weighted by molar-refractivity contribution is -0.881. The van der Waals surface area contributed by atoms with Crippen LogP contribution in [0.5, 0.6) is 0 Å². The molecule has 0 aliphatic carbocycles. The highest BCUT2D eigenvalue weighted by molar-refractivity contribution is 5.91. The molecule has 1 aromatic carbocycles. The Kier molecular flexibility index (Phi) is 6.62. The van der Waals surface area contributed by atoms with Crippen molar-refractivity contribution in [2.75, 3.05) is 25.0 Å². The van der Waals surface area contributed by atoms with Gasteiger partial charge in [-0.1, -0.05) is 0 Å². The highest BCUT2D eigenvalue weighted by Gasteiger charge is 2.20. The van der Waals surface area contributed by atoms with Crippen molar-refractivity contribution in [2.45, 2.75) is 33.2 Å². The Morgan fingerprint density at radius 2 is 1.70 bits per heavy atom. The summed E-state index contributed by atoms with van der Waals surface area (Å²) in [5.74, 6) is -2.50. The van der Waals surface area contributed by atoms with Gasteiger partial charge < -0.3 is 15.5 Å². The number of carbonyl (C=O) groups is 2. The van der Waals surface area contributed by atoms with Gasteiger partial charge in [-0.05, 0) is 39.8 Å². The first-order chi connectivity index (χ1) is 10.6. The van der Waals surface area contributed by atoms with Crippen LogP contribution in [-0.4, -0.2) is 37.0 Å². The Morgan fingerprint density at radius 1 is 1.09 bits per heavy atom. The molecule has 128 valence electrons. The van der Waals surface area contributed by atoms with Crippen molar-refractivity contribution in [1.29, 1.82) is 0 Å². The molecule has 0 aliphatic rings. The summed E-state index contributed by atoms with van der Waals surface area (Å²) in [7, 11) is 0. The highest BCUT2D eigenvalue weighted by atomic mass is 19.2. The third-order valence-electron chi connectivity index (χ3n) is 3.04. The summed E-state index contributed by atoms with van der Waals surface area (Å²) in [6.45, 7) is 8.32. The second kappa shape index (κ2) is 8.01. The maximum Gasteiger partial charge on any atom is 0.279 e. The second-order valence-corrected chi connectivity index (χ2v) is 6.43. The van der Waals surface area contributed by atoms with Crippen LogP contribution in [0.15, 0.2) is 18.2 Å². The van der Waals surface area contributed by atoms with E-state index in [2.05, 4.69) is 10.6 Å². The normalized spacial score (nSPS) is 12.6. The Balaban J connectivity index is 2.56. The first-order valence-electron chi connectivity index (χ1n) is 7.50. The summed E-state index contributed by atoms with van der Waals surface area (Å²) in [5, 5.41) is 5.34. The first kappa shape index (κ1) is 19.0. The number of carbonyl (C=O) groups excluding carboxylic acids is 2. The largest absolute Gasteiger partial charge is 0.347 e. The van der Waals surface area contributed by atoms with E-state index in [1.54, 1.807) is 0 Å². The molecule has 1 unspecified atom stereocenters. The van der Waals surface area contributed by atoms with E-state index in [0.717, 1.165) is 17.0 Å². The molecule has 0 aliphatic heterocycles. The summed E-state index contributed by atoms with van der Waals surface area (Å²) in [6.07, 6.45) is 0. The van der Waals surface area contributed by atoms with Crippen LogP contribution in [-0.2, 0) is 9.59 Å². The van der Waals surface area contributed by atoms with Gasteiger partial charge in [-0.3, -0.25) is 9.59 Å². The van der Waals surface area contributed by atoms with Gasteiger partial charge in [0, 0.05) is 17.3 Å². The fourth-order valence-electron chi connectivity index (χ4n) is 2.01.